The number of hydrogen-bond acceptors (Lipinski definition) is 3. The van der Waals surface area contributed by atoms with Crippen molar-refractivity contribution in [3.8, 4) is 0 Å². The second kappa shape index (κ2) is 5.18. The van der Waals surface area contributed by atoms with E-state index in [1.54, 1.807) is 6.07 Å². The van der Waals surface area contributed by atoms with Gasteiger partial charge >= 0.3 is 0 Å². The fourth-order valence-corrected chi connectivity index (χ4v) is 2.07. The van der Waals surface area contributed by atoms with Crippen molar-refractivity contribution in [1.29, 1.82) is 0 Å². The number of nitrogens with zero attached hydrogens (tertiary/aromatic N) is 1. The summed E-state index contributed by atoms with van der Waals surface area (Å²) < 4.78 is 12.8. The van der Waals surface area contributed by atoms with Crippen molar-refractivity contribution in [2.45, 2.75) is 31.7 Å². The Labute approximate surface area is 94.5 Å². The molecule has 1 aromatic heterocycles. The molecule has 1 aliphatic carbocycles. The zero-order valence-corrected chi connectivity index (χ0v) is 9.12. The second-order valence-corrected chi connectivity index (χ2v) is 4.03. The lowest BCUT2D eigenvalue weighted by molar-refractivity contribution is 0.550. The number of nitrogens with two attached hydrogens (primary N) is 1. The first-order valence-corrected chi connectivity index (χ1v) is 5.58. The van der Waals surface area contributed by atoms with Crippen LogP contribution in [-0.2, 0) is 0 Å². The van der Waals surface area contributed by atoms with Gasteiger partial charge in [-0.3, -0.25) is 10.8 Å². The molecule has 0 amide bonds. The van der Waals surface area contributed by atoms with E-state index < -0.39 is 0 Å². The average molecular weight is 221 g/mol. The lowest BCUT2D eigenvalue weighted by Crippen LogP contribution is -2.30. The molecular formula is C12H16FN3. The fraction of sp³-hybridized carbons (Fsp3) is 0.417. The zero-order valence-electron chi connectivity index (χ0n) is 9.12. The van der Waals surface area contributed by atoms with Gasteiger partial charge in [0.1, 0.15) is 5.82 Å². The number of rotatable bonds is 3. The maximum atomic E-state index is 12.8. The number of aromatic nitrogens is 1. The quantitative estimate of drug-likeness (QED) is 0.467. The van der Waals surface area contributed by atoms with Gasteiger partial charge in [0.25, 0.3) is 0 Å². The second-order valence-electron chi connectivity index (χ2n) is 4.03. The Kier molecular flexibility index (Phi) is 3.64. The first-order valence-electron chi connectivity index (χ1n) is 5.58. The van der Waals surface area contributed by atoms with E-state index in [-0.39, 0.29) is 11.9 Å². The number of nitrogens with one attached hydrogen (secondary N) is 1. The molecule has 0 aromatic carbocycles. The van der Waals surface area contributed by atoms with Crippen molar-refractivity contribution in [3.05, 3.63) is 41.5 Å². The van der Waals surface area contributed by atoms with Crippen molar-refractivity contribution in [3.63, 3.8) is 0 Å². The third kappa shape index (κ3) is 2.46. The average Bonchev–Trinajstić information content (AvgIpc) is 2.34. The van der Waals surface area contributed by atoms with Gasteiger partial charge in [-0.25, -0.2) is 9.82 Å². The summed E-state index contributed by atoms with van der Waals surface area (Å²) in [5.41, 5.74) is 4.79. The lowest BCUT2D eigenvalue weighted by Gasteiger charge is -2.22. The molecule has 16 heavy (non-hydrogen) atoms. The number of allylic oxidation sites excluding steroid dienone is 1. The van der Waals surface area contributed by atoms with Crippen LogP contribution in [-0.4, -0.2) is 4.98 Å². The van der Waals surface area contributed by atoms with Gasteiger partial charge in [-0.15, -0.1) is 0 Å². The Morgan fingerprint density at radius 2 is 2.25 bits per heavy atom. The summed E-state index contributed by atoms with van der Waals surface area (Å²) in [6.07, 6.45) is 7.98. The number of pyridine rings is 1. The largest absolute Gasteiger partial charge is 0.271 e. The fourth-order valence-electron chi connectivity index (χ4n) is 2.07. The van der Waals surface area contributed by atoms with Crippen LogP contribution in [0.5, 0.6) is 0 Å². The third-order valence-electron chi connectivity index (χ3n) is 2.91. The van der Waals surface area contributed by atoms with Crippen LogP contribution in [0.25, 0.3) is 0 Å². The van der Waals surface area contributed by atoms with Crippen LogP contribution in [0.1, 0.15) is 37.4 Å². The van der Waals surface area contributed by atoms with Gasteiger partial charge in [-0.05, 0) is 37.8 Å². The summed E-state index contributed by atoms with van der Waals surface area (Å²) in [6, 6.07) is 3.01. The van der Waals surface area contributed by atoms with Gasteiger partial charge in [-0.2, -0.15) is 0 Å². The maximum absolute atomic E-state index is 12.8. The van der Waals surface area contributed by atoms with Gasteiger partial charge in [-0.1, -0.05) is 11.6 Å². The molecule has 0 saturated carbocycles. The molecule has 0 saturated heterocycles. The predicted molar refractivity (Wildman–Crippen MR) is 60.8 cm³/mol. The molecule has 1 heterocycles. The standard InChI is InChI=1S/C12H16FN3/c13-10-6-7-11(15-8-10)12(16-14)9-4-2-1-3-5-9/h4,6-8,12,16H,1-3,5,14H2. The summed E-state index contributed by atoms with van der Waals surface area (Å²) in [5.74, 6) is 5.23. The van der Waals surface area contributed by atoms with Crippen LogP contribution in [0.4, 0.5) is 4.39 Å². The minimum absolute atomic E-state index is 0.0825. The molecule has 0 spiro atoms. The smallest absolute Gasteiger partial charge is 0.141 e. The van der Waals surface area contributed by atoms with Gasteiger partial charge in [0.15, 0.2) is 0 Å². The molecule has 3 N–H and O–H groups in total. The van der Waals surface area contributed by atoms with E-state index in [4.69, 9.17) is 5.84 Å². The Hall–Kier alpha value is -1.26. The summed E-state index contributed by atoms with van der Waals surface area (Å²) in [4.78, 5) is 4.07. The molecule has 0 radical (unpaired) electrons. The predicted octanol–water partition coefficient (Wildman–Crippen LogP) is 2.23. The van der Waals surface area contributed by atoms with Gasteiger partial charge in [0.05, 0.1) is 17.9 Å². The molecule has 4 heteroatoms. The maximum Gasteiger partial charge on any atom is 0.141 e. The summed E-state index contributed by atoms with van der Waals surface area (Å²) >= 11 is 0. The van der Waals surface area contributed by atoms with E-state index in [1.165, 1.54) is 30.7 Å². The van der Waals surface area contributed by atoms with Crippen molar-refractivity contribution in [1.82, 2.24) is 10.4 Å². The molecule has 1 unspecified atom stereocenters. The Balaban J connectivity index is 2.21. The minimum Gasteiger partial charge on any atom is -0.271 e. The van der Waals surface area contributed by atoms with Crippen LogP contribution < -0.4 is 11.3 Å². The molecule has 86 valence electrons. The zero-order chi connectivity index (χ0) is 11.4. The highest BCUT2D eigenvalue weighted by Crippen LogP contribution is 2.28. The van der Waals surface area contributed by atoms with Crippen molar-refractivity contribution in [2.24, 2.45) is 5.84 Å². The topological polar surface area (TPSA) is 50.9 Å². The first-order chi connectivity index (χ1) is 7.81. The molecule has 1 atom stereocenters. The van der Waals surface area contributed by atoms with E-state index in [2.05, 4.69) is 16.5 Å². The third-order valence-corrected chi connectivity index (χ3v) is 2.91. The monoisotopic (exact) mass is 221 g/mol. The molecule has 0 aliphatic heterocycles. The molecule has 3 nitrogen and oxygen atoms in total. The number of halogens is 1. The summed E-state index contributed by atoms with van der Waals surface area (Å²) in [6.45, 7) is 0. The van der Waals surface area contributed by atoms with Crippen molar-refractivity contribution < 1.29 is 4.39 Å². The molecule has 1 aromatic rings. The Bertz CT molecular complexity index is 372. The van der Waals surface area contributed by atoms with Gasteiger partial charge < -0.3 is 0 Å². The van der Waals surface area contributed by atoms with Crippen LogP contribution in [0, 0.1) is 5.82 Å². The van der Waals surface area contributed by atoms with Crippen molar-refractivity contribution in [2.75, 3.05) is 0 Å². The highest BCUT2D eigenvalue weighted by molar-refractivity contribution is 5.23. The summed E-state index contributed by atoms with van der Waals surface area (Å²) in [5, 5.41) is 0. The van der Waals surface area contributed by atoms with E-state index in [0.29, 0.717) is 0 Å². The van der Waals surface area contributed by atoms with E-state index >= 15 is 0 Å². The molecule has 1 aliphatic rings. The van der Waals surface area contributed by atoms with E-state index in [9.17, 15) is 4.39 Å². The van der Waals surface area contributed by atoms with Crippen LogP contribution in [0.15, 0.2) is 30.0 Å². The van der Waals surface area contributed by atoms with E-state index in [1.807, 2.05) is 0 Å². The van der Waals surface area contributed by atoms with Crippen LogP contribution in [0.3, 0.4) is 0 Å². The Morgan fingerprint density at radius 1 is 1.38 bits per heavy atom. The molecule has 0 bridgehead atoms. The molecular weight excluding hydrogens is 205 g/mol. The Morgan fingerprint density at radius 3 is 2.81 bits per heavy atom. The lowest BCUT2D eigenvalue weighted by atomic mass is 9.92. The SMILES string of the molecule is NNC(C1=CCCCC1)c1ccc(F)cn1. The number of hydrazine groups is 1. The van der Waals surface area contributed by atoms with Gasteiger partial charge in [0, 0.05) is 0 Å². The van der Waals surface area contributed by atoms with E-state index in [0.717, 1.165) is 18.5 Å². The highest BCUT2D eigenvalue weighted by atomic mass is 19.1. The number of hydrogen-bond donors (Lipinski definition) is 2. The highest BCUT2D eigenvalue weighted by Gasteiger charge is 2.17. The molecule has 2 rings (SSSR count). The normalized spacial score (nSPS) is 18.0. The molecule has 0 fully saturated rings. The van der Waals surface area contributed by atoms with Gasteiger partial charge in [0.2, 0.25) is 0 Å². The first kappa shape index (κ1) is 11.2. The minimum atomic E-state index is -0.322. The summed E-state index contributed by atoms with van der Waals surface area (Å²) in [7, 11) is 0. The van der Waals surface area contributed by atoms with Crippen LogP contribution in [0.2, 0.25) is 0 Å². The van der Waals surface area contributed by atoms with Crippen molar-refractivity contribution >= 4 is 0 Å². The van der Waals surface area contributed by atoms with Crippen LogP contribution >= 0.6 is 0 Å².